The van der Waals surface area contributed by atoms with Gasteiger partial charge in [-0.05, 0) is 41.4 Å². The van der Waals surface area contributed by atoms with Gasteiger partial charge in [-0.1, -0.05) is 62.7 Å². The van der Waals surface area contributed by atoms with Crippen LogP contribution in [0.3, 0.4) is 0 Å². The lowest BCUT2D eigenvalue weighted by Gasteiger charge is -2.19. The van der Waals surface area contributed by atoms with Gasteiger partial charge in [-0.15, -0.1) is 11.3 Å². The fourth-order valence-electron chi connectivity index (χ4n) is 2.72. The third-order valence-corrected chi connectivity index (χ3v) is 6.25. The molecule has 0 bridgehead atoms. The van der Waals surface area contributed by atoms with Gasteiger partial charge in [0.2, 0.25) is 0 Å². The number of nitrogens with one attached hydrogen (secondary N) is 3. The number of hydrazine groups is 1. The molecule has 0 unspecified atom stereocenters. The summed E-state index contributed by atoms with van der Waals surface area (Å²) in [6, 6.07) is 15.0. The fourth-order valence-corrected chi connectivity index (χ4v) is 4.30. The molecule has 9 heteroatoms. The van der Waals surface area contributed by atoms with Gasteiger partial charge in [0, 0.05) is 10.1 Å². The van der Waals surface area contributed by atoms with Crippen LogP contribution in [0.25, 0.3) is 10.1 Å². The minimum absolute atomic E-state index is 0.0399. The molecule has 2 aromatic carbocycles. The summed E-state index contributed by atoms with van der Waals surface area (Å²) in [7, 11) is 0. The quantitative estimate of drug-likeness (QED) is 0.380. The maximum atomic E-state index is 12.4. The summed E-state index contributed by atoms with van der Waals surface area (Å²) in [6.07, 6.45) is 0. The Balaban J connectivity index is 1.46. The highest BCUT2D eigenvalue weighted by Gasteiger charge is 2.17. The lowest BCUT2D eigenvalue weighted by atomic mass is 9.87. The van der Waals surface area contributed by atoms with Crippen LogP contribution in [0, 0.1) is 0 Å². The minimum Gasteiger partial charge on any atom is -0.484 e. The number of thiophene rings is 1. The van der Waals surface area contributed by atoms with Crippen LogP contribution in [0.1, 0.15) is 36.0 Å². The molecule has 0 aliphatic carbocycles. The second-order valence-electron chi connectivity index (χ2n) is 7.76. The molecular formula is C22H22ClN3O3S2. The molecule has 0 aliphatic heterocycles. The lowest BCUT2D eigenvalue weighted by Crippen LogP contribution is -2.49. The van der Waals surface area contributed by atoms with Crippen molar-refractivity contribution in [3.63, 3.8) is 0 Å². The molecule has 0 aliphatic rings. The molecule has 0 saturated carbocycles. The summed E-state index contributed by atoms with van der Waals surface area (Å²) in [4.78, 5) is 24.8. The number of thiocarbonyl (C=S) groups is 1. The van der Waals surface area contributed by atoms with Crippen LogP contribution in [-0.4, -0.2) is 23.5 Å². The highest BCUT2D eigenvalue weighted by atomic mass is 35.5. The Labute approximate surface area is 194 Å². The molecule has 0 saturated heterocycles. The van der Waals surface area contributed by atoms with Crippen LogP contribution >= 0.6 is 35.2 Å². The average Bonchev–Trinajstić information content (AvgIpc) is 3.07. The first-order valence-corrected chi connectivity index (χ1v) is 11.1. The van der Waals surface area contributed by atoms with Crippen LogP contribution in [0.5, 0.6) is 5.75 Å². The van der Waals surface area contributed by atoms with E-state index in [4.69, 9.17) is 28.6 Å². The number of carbonyl (C=O) groups excluding carboxylic acids is 2. The molecule has 0 fully saturated rings. The minimum atomic E-state index is -0.452. The fraction of sp³-hybridized carbons (Fsp3) is 0.227. The molecule has 1 heterocycles. The van der Waals surface area contributed by atoms with Gasteiger partial charge in [-0.2, -0.15) is 0 Å². The molecule has 6 nitrogen and oxygen atoms in total. The smallest absolute Gasteiger partial charge is 0.281 e. The van der Waals surface area contributed by atoms with Gasteiger partial charge < -0.3 is 4.74 Å². The predicted molar refractivity (Wildman–Crippen MR) is 129 cm³/mol. The van der Waals surface area contributed by atoms with E-state index in [1.54, 1.807) is 0 Å². The number of hydrogen-bond acceptors (Lipinski definition) is 5. The van der Waals surface area contributed by atoms with E-state index in [1.807, 2.05) is 48.5 Å². The Morgan fingerprint density at radius 3 is 2.39 bits per heavy atom. The van der Waals surface area contributed by atoms with Crippen LogP contribution in [-0.2, 0) is 10.2 Å². The van der Waals surface area contributed by atoms with Gasteiger partial charge in [-0.25, -0.2) is 0 Å². The molecule has 0 spiro atoms. The summed E-state index contributed by atoms with van der Waals surface area (Å²) in [5.74, 6) is -0.320. The molecule has 2 amide bonds. The molecule has 3 N–H and O–H groups in total. The van der Waals surface area contributed by atoms with E-state index in [9.17, 15) is 9.59 Å². The summed E-state index contributed by atoms with van der Waals surface area (Å²) < 4.78 is 6.38. The van der Waals surface area contributed by atoms with E-state index in [-0.39, 0.29) is 17.1 Å². The number of benzene rings is 2. The number of rotatable bonds is 4. The van der Waals surface area contributed by atoms with Crippen LogP contribution in [0.15, 0.2) is 48.5 Å². The van der Waals surface area contributed by atoms with Crippen molar-refractivity contribution in [3.05, 3.63) is 64.0 Å². The lowest BCUT2D eigenvalue weighted by molar-refractivity contribution is -0.121. The second kappa shape index (κ2) is 9.64. The number of amides is 2. The topological polar surface area (TPSA) is 79.5 Å². The van der Waals surface area contributed by atoms with E-state index >= 15 is 0 Å². The monoisotopic (exact) mass is 475 g/mol. The Bertz CT molecular complexity index is 1120. The van der Waals surface area contributed by atoms with Crippen molar-refractivity contribution in [2.45, 2.75) is 26.2 Å². The molecule has 162 valence electrons. The van der Waals surface area contributed by atoms with Crippen LogP contribution < -0.4 is 20.9 Å². The maximum Gasteiger partial charge on any atom is 0.281 e. The molecule has 3 aromatic rings. The van der Waals surface area contributed by atoms with Crippen molar-refractivity contribution in [3.8, 4) is 5.75 Å². The number of ether oxygens (including phenoxy) is 1. The number of fused-ring (bicyclic) bond motifs is 1. The Kier molecular flexibility index (Phi) is 7.15. The van der Waals surface area contributed by atoms with Crippen molar-refractivity contribution >= 4 is 62.2 Å². The SMILES string of the molecule is CC(C)(C)c1ccc(OCC(=O)NC(=S)NNC(=O)c2sc3ccccc3c2Cl)cc1. The predicted octanol–water partition coefficient (Wildman–Crippen LogP) is 4.57. The summed E-state index contributed by atoms with van der Waals surface area (Å²) in [5.41, 5.74) is 6.15. The van der Waals surface area contributed by atoms with Crippen LogP contribution in [0.2, 0.25) is 5.02 Å². The van der Waals surface area contributed by atoms with Crippen molar-refractivity contribution in [1.82, 2.24) is 16.2 Å². The molecular weight excluding hydrogens is 454 g/mol. The highest BCUT2D eigenvalue weighted by molar-refractivity contribution is 7.80. The Morgan fingerprint density at radius 2 is 1.74 bits per heavy atom. The third kappa shape index (κ3) is 5.94. The van der Waals surface area contributed by atoms with E-state index in [2.05, 4.69) is 36.9 Å². The van der Waals surface area contributed by atoms with Gasteiger partial charge in [0.1, 0.15) is 10.6 Å². The van der Waals surface area contributed by atoms with Crippen molar-refractivity contribution < 1.29 is 14.3 Å². The second-order valence-corrected chi connectivity index (χ2v) is 9.60. The molecule has 0 radical (unpaired) electrons. The average molecular weight is 476 g/mol. The van der Waals surface area contributed by atoms with E-state index in [0.29, 0.717) is 15.6 Å². The maximum absolute atomic E-state index is 12.4. The van der Waals surface area contributed by atoms with E-state index in [0.717, 1.165) is 10.1 Å². The zero-order valence-electron chi connectivity index (χ0n) is 17.2. The van der Waals surface area contributed by atoms with Gasteiger partial charge in [0.25, 0.3) is 11.8 Å². The zero-order valence-corrected chi connectivity index (χ0v) is 19.6. The molecule has 1 aromatic heterocycles. The summed E-state index contributed by atoms with van der Waals surface area (Å²) in [5, 5.41) is 3.58. The van der Waals surface area contributed by atoms with Crippen LogP contribution in [0.4, 0.5) is 0 Å². The first-order valence-electron chi connectivity index (χ1n) is 9.45. The number of halogens is 1. The van der Waals surface area contributed by atoms with Crippen molar-refractivity contribution in [1.29, 1.82) is 0 Å². The van der Waals surface area contributed by atoms with E-state index < -0.39 is 11.8 Å². The summed E-state index contributed by atoms with van der Waals surface area (Å²) in [6.45, 7) is 6.15. The normalized spacial score (nSPS) is 11.1. The third-order valence-electron chi connectivity index (χ3n) is 4.37. The molecule has 3 rings (SSSR count). The standard InChI is InChI=1S/C22H22ClN3O3S2/c1-22(2,3)13-8-10-14(11-9-13)29-12-17(27)24-21(30)26-25-20(28)19-18(23)15-6-4-5-7-16(15)31-19/h4-11H,12H2,1-3H3,(H,25,28)(H2,24,26,27,30). The highest BCUT2D eigenvalue weighted by Crippen LogP contribution is 2.34. The van der Waals surface area contributed by atoms with Crippen molar-refractivity contribution in [2.75, 3.05) is 6.61 Å². The van der Waals surface area contributed by atoms with E-state index in [1.165, 1.54) is 16.9 Å². The van der Waals surface area contributed by atoms with Crippen molar-refractivity contribution in [2.24, 2.45) is 0 Å². The first-order chi connectivity index (χ1) is 14.6. The Morgan fingerprint density at radius 1 is 1.06 bits per heavy atom. The summed E-state index contributed by atoms with van der Waals surface area (Å²) >= 11 is 12.6. The van der Waals surface area contributed by atoms with Gasteiger partial charge in [0.05, 0.1) is 5.02 Å². The zero-order chi connectivity index (χ0) is 22.6. The number of carbonyl (C=O) groups is 2. The number of hydrogen-bond donors (Lipinski definition) is 3. The largest absolute Gasteiger partial charge is 0.484 e. The van der Waals surface area contributed by atoms with Gasteiger partial charge in [0.15, 0.2) is 11.7 Å². The van der Waals surface area contributed by atoms with Gasteiger partial charge >= 0.3 is 0 Å². The Hall–Kier alpha value is -2.68. The van der Waals surface area contributed by atoms with Gasteiger partial charge in [-0.3, -0.25) is 25.8 Å². The first kappa shape index (κ1) is 23.0. The molecule has 0 atom stereocenters. The molecule has 31 heavy (non-hydrogen) atoms.